The summed E-state index contributed by atoms with van der Waals surface area (Å²) in [6.07, 6.45) is 7.58. The van der Waals surface area contributed by atoms with Gasteiger partial charge in [-0.25, -0.2) is 0 Å². The molecule has 0 bridgehead atoms. The SMILES string of the molecule is CN(C[C@@H]1CC(=O)N(C2CCCC2)C1)C(=O)c1cncc(=O)[nH]1. The van der Waals surface area contributed by atoms with Crippen molar-refractivity contribution in [1.82, 2.24) is 19.8 Å². The summed E-state index contributed by atoms with van der Waals surface area (Å²) in [6.45, 7) is 1.23. The molecule has 7 nitrogen and oxygen atoms in total. The number of nitrogens with zero attached hydrogens (tertiary/aromatic N) is 3. The highest BCUT2D eigenvalue weighted by Crippen LogP contribution is 2.29. The molecule has 1 saturated heterocycles. The minimum absolute atomic E-state index is 0.153. The normalized spacial score (nSPS) is 21.9. The Morgan fingerprint density at radius 1 is 1.35 bits per heavy atom. The second kappa shape index (κ2) is 6.52. The predicted octanol–water partition coefficient (Wildman–Crippen LogP) is 0.633. The van der Waals surface area contributed by atoms with Crippen LogP contribution in [0.4, 0.5) is 0 Å². The lowest BCUT2D eigenvalue weighted by Crippen LogP contribution is -2.37. The van der Waals surface area contributed by atoms with Crippen molar-refractivity contribution >= 4 is 11.8 Å². The number of aromatic amines is 1. The van der Waals surface area contributed by atoms with Crippen molar-refractivity contribution in [3.8, 4) is 0 Å². The Bertz CT molecular complexity index is 651. The van der Waals surface area contributed by atoms with Crippen LogP contribution in [-0.4, -0.2) is 57.8 Å². The van der Waals surface area contributed by atoms with E-state index in [1.54, 1.807) is 11.9 Å². The fraction of sp³-hybridized carbons (Fsp3) is 0.625. The Morgan fingerprint density at radius 2 is 2.09 bits per heavy atom. The van der Waals surface area contributed by atoms with Crippen molar-refractivity contribution < 1.29 is 9.59 Å². The smallest absolute Gasteiger partial charge is 0.271 e. The summed E-state index contributed by atoms with van der Waals surface area (Å²) in [5.41, 5.74) is -0.218. The van der Waals surface area contributed by atoms with Gasteiger partial charge in [-0.1, -0.05) is 12.8 Å². The predicted molar refractivity (Wildman–Crippen MR) is 83.9 cm³/mol. The zero-order valence-electron chi connectivity index (χ0n) is 13.3. The summed E-state index contributed by atoms with van der Waals surface area (Å²) in [6, 6.07) is 0.392. The van der Waals surface area contributed by atoms with E-state index in [2.05, 4.69) is 9.97 Å². The van der Waals surface area contributed by atoms with E-state index in [0.29, 0.717) is 19.0 Å². The second-order valence-corrected chi connectivity index (χ2v) is 6.55. The number of rotatable bonds is 4. The monoisotopic (exact) mass is 318 g/mol. The van der Waals surface area contributed by atoms with Crippen LogP contribution in [0.2, 0.25) is 0 Å². The van der Waals surface area contributed by atoms with Crippen molar-refractivity contribution in [2.24, 2.45) is 5.92 Å². The van der Waals surface area contributed by atoms with Crippen LogP contribution in [0.25, 0.3) is 0 Å². The molecule has 0 unspecified atom stereocenters. The van der Waals surface area contributed by atoms with E-state index in [1.807, 2.05) is 4.90 Å². The number of carbonyl (C=O) groups is 2. The molecule has 124 valence electrons. The van der Waals surface area contributed by atoms with E-state index in [9.17, 15) is 14.4 Å². The van der Waals surface area contributed by atoms with Crippen LogP contribution >= 0.6 is 0 Å². The van der Waals surface area contributed by atoms with E-state index < -0.39 is 5.56 Å². The van der Waals surface area contributed by atoms with Gasteiger partial charge in [0.05, 0.1) is 12.4 Å². The molecule has 2 fully saturated rings. The number of hydrogen-bond donors (Lipinski definition) is 1. The number of aromatic nitrogens is 2. The summed E-state index contributed by atoms with van der Waals surface area (Å²) >= 11 is 0. The first-order valence-electron chi connectivity index (χ1n) is 8.14. The lowest BCUT2D eigenvalue weighted by Gasteiger charge is -2.25. The highest BCUT2D eigenvalue weighted by molar-refractivity contribution is 5.91. The third-order valence-electron chi connectivity index (χ3n) is 4.77. The summed E-state index contributed by atoms with van der Waals surface area (Å²) < 4.78 is 0. The summed E-state index contributed by atoms with van der Waals surface area (Å²) in [5.74, 6) is 0.0833. The molecule has 2 amide bonds. The zero-order chi connectivity index (χ0) is 16.4. The summed E-state index contributed by atoms with van der Waals surface area (Å²) in [5, 5.41) is 0. The van der Waals surface area contributed by atoms with Crippen LogP contribution in [-0.2, 0) is 4.79 Å². The molecule has 0 spiro atoms. The minimum Gasteiger partial charge on any atom is -0.340 e. The molecule has 1 aromatic heterocycles. The van der Waals surface area contributed by atoms with E-state index in [1.165, 1.54) is 19.0 Å². The van der Waals surface area contributed by atoms with Gasteiger partial charge in [-0.05, 0) is 12.8 Å². The first-order chi connectivity index (χ1) is 11.0. The van der Waals surface area contributed by atoms with Crippen LogP contribution in [0.3, 0.4) is 0 Å². The molecule has 1 saturated carbocycles. The molecule has 1 aliphatic heterocycles. The van der Waals surface area contributed by atoms with E-state index in [0.717, 1.165) is 25.6 Å². The van der Waals surface area contributed by atoms with Crippen molar-refractivity contribution in [3.63, 3.8) is 0 Å². The van der Waals surface area contributed by atoms with Gasteiger partial charge in [0.25, 0.3) is 11.5 Å². The molecule has 23 heavy (non-hydrogen) atoms. The number of H-pyrrole nitrogens is 1. The third-order valence-corrected chi connectivity index (χ3v) is 4.77. The number of likely N-dealkylation sites (tertiary alicyclic amines) is 1. The van der Waals surface area contributed by atoms with Crippen molar-refractivity contribution in [1.29, 1.82) is 0 Å². The maximum Gasteiger partial charge on any atom is 0.271 e. The molecule has 0 aromatic carbocycles. The molecule has 7 heteroatoms. The average molecular weight is 318 g/mol. The number of hydrogen-bond acceptors (Lipinski definition) is 4. The van der Waals surface area contributed by atoms with E-state index in [-0.39, 0.29) is 23.4 Å². The molecule has 0 radical (unpaired) electrons. The third kappa shape index (κ3) is 3.43. The lowest BCUT2D eigenvalue weighted by atomic mass is 10.1. The Morgan fingerprint density at radius 3 is 2.78 bits per heavy atom. The maximum atomic E-state index is 12.3. The van der Waals surface area contributed by atoms with E-state index in [4.69, 9.17) is 0 Å². The van der Waals surface area contributed by atoms with Crippen LogP contribution in [0.1, 0.15) is 42.6 Å². The van der Waals surface area contributed by atoms with Crippen LogP contribution in [0.5, 0.6) is 0 Å². The Labute approximate surface area is 134 Å². The number of nitrogens with one attached hydrogen (secondary N) is 1. The van der Waals surface area contributed by atoms with Gasteiger partial charge in [-0.15, -0.1) is 0 Å². The standard InChI is InChI=1S/C16H22N4O3/c1-19(16(23)13-7-17-8-14(21)18-13)9-11-6-15(22)20(10-11)12-4-2-3-5-12/h7-8,11-12H,2-6,9-10H2,1H3,(H,18,21)/t11-/m0/s1. The molecular weight excluding hydrogens is 296 g/mol. The summed E-state index contributed by atoms with van der Waals surface area (Å²) in [4.78, 5) is 45.6. The molecule has 2 heterocycles. The van der Waals surface area contributed by atoms with Gasteiger partial charge in [0.1, 0.15) is 5.69 Å². The molecule has 1 aromatic rings. The molecule has 2 aliphatic rings. The summed E-state index contributed by atoms with van der Waals surface area (Å²) in [7, 11) is 1.69. The largest absolute Gasteiger partial charge is 0.340 e. The van der Waals surface area contributed by atoms with Crippen LogP contribution < -0.4 is 5.56 Å². The fourth-order valence-corrected chi connectivity index (χ4v) is 3.66. The van der Waals surface area contributed by atoms with Gasteiger partial charge < -0.3 is 14.8 Å². The maximum absolute atomic E-state index is 12.3. The second-order valence-electron chi connectivity index (χ2n) is 6.55. The zero-order valence-corrected chi connectivity index (χ0v) is 13.3. The molecule has 1 N–H and O–H groups in total. The number of carbonyl (C=O) groups excluding carboxylic acids is 2. The number of amides is 2. The van der Waals surface area contributed by atoms with Crippen molar-refractivity contribution in [3.05, 3.63) is 28.4 Å². The van der Waals surface area contributed by atoms with E-state index >= 15 is 0 Å². The quantitative estimate of drug-likeness (QED) is 0.882. The van der Waals surface area contributed by atoms with Gasteiger partial charge >= 0.3 is 0 Å². The van der Waals surface area contributed by atoms with Gasteiger partial charge in [0, 0.05) is 38.5 Å². The topological polar surface area (TPSA) is 86.4 Å². The lowest BCUT2D eigenvalue weighted by molar-refractivity contribution is -0.129. The first-order valence-corrected chi connectivity index (χ1v) is 8.14. The average Bonchev–Trinajstić information content (AvgIpc) is 3.16. The Balaban J connectivity index is 1.60. The van der Waals surface area contributed by atoms with Gasteiger partial charge in [0.2, 0.25) is 5.91 Å². The minimum atomic E-state index is -0.396. The first kappa shape index (κ1) is 15.7. The van der Waals surface area contributed by atoms with Gasteiger partial charge in [-0.3, -0.25) is 19.4 Å². The Kier molecular flexibility index (Phi) is 4.45. The Hall–Kier alpha value is -2.18. The van der Waals surface area contributed by atoms with Crippen LogP contribution in [0, 0.1) is 5.92 Å². The van der Waals surface area contributed by atoms with Crippen LogP contribution in [0.15, 0.2) is 17.2 Å². The van der Waals surface area contributed by atoms with Gasteiger partial charge in [0.15, 0.2) is 0 Å². The fourth-order valence-electron chi connectivity index (χ4n) is 3.66. The molecule has 1 atom stereocenters. The highest BCUT2D eigenvalue weighted by atomic mass is 16.2. The van der Waals surface area contributed by atoms with Crippen molar-refractivity contribution in [2.75, 3.05) is 20.1 Å². The van der Waals surface area contributed by atoms with Gasteiger partial charge in [-0.2, -0.15) is 0 Å². The molecule has 3 rings (SSSR count). The molecular formula is C16H22N4O3. The molecule has 1 aliphatic carbocycles. The van der Waals surface area contributed by atoms with Crippen molar-refractivity contribution in [2.45, 2.75) is 38.1 Å². The highest BCUT2D eigenvalue weighted by Gasteiger charge is 2.36.